The minimum atomic E-state index is 0.560. The Bertz CT molecular complexity index is 704. The molecular weight excluding hydrogens is 228 g/mol. The summed E-state index contributed by atoms with van der Waals surface area (Å²) >= 11 is 0. The Morgan fingerprint density at radius 1 is 1.06 bits per heavy atom. The van der Waals surface area contributed by atoms with Crippen molar-refractivity contribution in [1.29, 1.82) is 0 Å². The van der Waals surface area contributed by atoms with Crippen LogP contribution < -0.4 is 4.74 Å². The molecule has 3 rings (SSSR count). The number of aryl methyl sites for hydroxylation is 1. The van der Waals surface area contributed by atoms with Gasteiger partial charge in [-0.05, 0) is 17.5 Å². The molecule has 4 heteroatoms. The van der Waals surface area contributed by atoms with Crippen LogP contribution in [-0.2, 0) is 0 Å². The van der Waals surface area contributed by atoms with Crippen LogP contribution in [0, 0.1) is 6.92 Å². The largest absolute Gasteiger partial charge is 0.496 e. The molecule has 0 spiro atoms. The Morgan fingerprint density at radius 2 is 1.83 bits per heavy atom. The number of benzene rings is 2. The highest BCUT2D eigenvalue weighted by atomic mass is 16.5. The molecule has 18 heavy (non-hydrogen) atoms. The van der Waals surface area contributed by atoms with Crippen LogP contribution in [-0.4, -0.2) is 17.3 Å². The van der Waals surface area contributed by atoms with Gasteiger partial charge >= 0.3 is 0 Å². The van der Waals surface area contributed by atoms with Crippen molar-refractivity contribution in [2.45, 2.75) is 6.92 Å². The molecule has 4 nitrogen and oxygen atoms in total. The summed E-state index contributed by atoms with van der Waals surface area (Å²) in [7, 11) is 1.67. The van der Waals surface area contributed by atoms with E-state index in [0.717, 1.165) is 22.1 Å². The van der Waals surface area contributed by atoms with Crippen LogP contribution in [0.5, 0.6) is 5.75 Å². The number of hydrogen-bond acceptors (Lipinski definition) is 4. The number of nitrogens with zero attached hydrogens (tertiary/aromatic N) is 2. The predicted octanol–water partition coefficient (Wildman–Crippen LogP) is 3.21. The van der Waals surface area contributed by atoms with Crippen LogP contribution in [0.2, 0.25) is 0 Å². The van der Waals surface area contributed by atoms with Gasteiger partial charge in [0.25, 0.3) is 0 Å². The number of hydrogen-bond donors (Lipinski definition) is 0. The van der Waals surface area contributed by atoms with E-state index in [2.05, 4.69) is 10.1 Å². The second-order valence-electron chi connectivity index (χ2n) is 4.00. The third-order valence-electron chi connectivity index (χ3n) is 2.87. The maximum absolute atomic E-state index is 5.36. The maximum atomic E-state index is 5.36. The summed E-state index contributed by atoms with van der Waals surface area (Å²) in [6, 6.07) is 11.9. The van der Waals surface area contributed by atoms with Crippen LogP contribution in [0.1, 0.15) is 5.89 Å². The van der Waals surface area contributed by atoms with Crippen molar-refractivity contribution in [3.63, 3.8) is 0 Å². The SMILES string of the molecule is COc1ccc(-c2noc(C)n2)c2ccccc12. The molecule has 0 saturated carbocycles. The van der Waals surface area contributed by atoms with Gasteiger partial charge in [-0.15, -0.1) is 0 Å². The fourth-order valence-electron chi connectivity index (χ4n) is 2.05. The molecule has 0 atom stereocenters. The molecule has 3 aromatic rings. The molecule has 0 aliphatic rings. The lowest BCUT2D eigenvalue weighted by Gasteiger charge is -2.07. The summed E-state index contributed by atoms with van der Waals surface area (Å²) in [5.74, 6) is 2.01. The van der Waals surface area contributed by atoms with Crippen molar-refractivity contribution in [3.05, 3.63) is 42.3 Å². The van der Waals surface area contributed by atoms with Gasteiger partial charge in [0.2, 0.25) is 11.7 Å². The summed E-state index contributed by atoms with van der Waals surface area (Å²) in [5.41, 5.74) is 0.947. The zero-order chi connectivity index (χ0) is 12.5. The highest BCUT2D eigenvalue weighted by Crippen LogP contribution is 2.32. The molecule has 0 aliphatic heterocycles. The van der Waals surface area contributed by atoms with E-state index >= 15 is 0 Å². The lowest BCUT2D eigenvalue weighted by atomic mass is 10.0. The van der Waals surface area contributed by atoms with E-state index < -0.39 is 0 Å². The van der Waals surface area contributed by atoms with Gasteiger partial charge in [0.15, 0.2) is 0 Å². The fraction of sp³-hybridized carbons (Fsp3) is 0.143. The molecule has 90 valence electrons. The summed E-state index contributed by atoms with van der Waals surface area (Å²) in [4.78, 5) is 4.27. The first-order chi connectivity index (χ1) is 8.79. The van der Waals surface area contributed by atoms with Crippen molar-refractivity contribution >= 4 is 10.8 Å². The van der Waals surface area contributed by atoms with Crippen LogP contribution >= 0.6 is 0 Å². The van der Waals surface area contributed by atoms with Gasteiger partial charge < -0.3 is 9.26 Å². The van der Waals surface area contributed by atoms with Gasteiger partial charge in [-0.1, -0.05) is 29.4 Å². The Kier molecular flexibility index (Phi) is 2.48. The number of rotatable bonds is 2. The van der Waals surface area contributed by atoms with E-state index in [-0.39, 0.29) is 0 Å². The summed E-state index contributed by atoms with van der Waals surface area (Å²) < 4.78 is 10.4. The van der Waals surface area contributed by atoms with Crippen molar-refractivity contribution in [2.75, 3.05) is 7.11 Å². The normalized spacial score (nSPS) is 10.8. The molecule has 0 saturated heterocycles. The number of ether oxygens (including phenoxy) is 1. The van der Waals surface area contributed by atoms with Crippen LogP contribution in [0.4, 0.5) is 0 Å². The summed E-state index contributed by atoms with van der Waals surface area (Å²) in [6.07, 6.45) is 0. The van der Waals surface area contributed by atoms with Crippen molar-refractivity contribution < 1.29 is 9.26 Å². The minimum absolute atomic E-state index is 0.560. The zero-order valence-electron chi connectivity index (χ0n) is 10.2. The highest BCUT2D eigenvalue weighted by molar-refractivity contribution is 5.98. The zero-order valence-corrected chi connectivity index (χ0v) is 10.2. The second-order valence-corrected chi connectivity index (χ2v) is 4.00. The molecule has 0 bridgehead atoms. The van der Waals surface area contributed by atoms with Crippen LogP contribution in [0.3, 0.4) is 0 Å². The number of methoxy groups -OCH3 is 1. The molecule has 2 aromatic carbocycles. The average Bonchev–Trinajstić information content (AvgIpc) is 2.84. The fourth-order valence-corrected chi connectivity index (χ4v) is 2.05. The second kappa shape index (κ2) is 4.14. The number of aromatic nitrogens is 2. The molecule has 0 fully saturated rings. The molecule has 1 heterocycles. The first kappa shape index (κ1) is 10.8. The van der Waals surface area contributed by atoms with Gasteiger partial charge in [-0.2, -0.15) is 4.98 Å². The van der Waals surface area contributed by atoms with E-state index in [0.29, 0.717) is 11.7 Å². The van der Waals surface area contributed by atoms with Gasteiger partial charge in [0.1, 0.15) is 5.75 Å². The maximum Gasteiger partial charge on any atom is 0.223 e. The van der Waals surface area contributed by atoms with Crippen molar-refractivity contribution in [2.24, 2.45) is 0 Å². The smallest absolute Gasteiger partial charge is 0.223 e. The minimum Gasteiger partial charge on any atom is -0.496 e. The first-order valence-electron chi connectivity index (χ1n) is 5.66. The number of fused-ring (bicyclic) bond motifs is 1. The Hall–Kier alpha value is -2.36. The van der Waals surface area contributed by atoms with Gasteiger partial charge in [-0.3, -0.25) is 0 Å². The van der Waals surface area contributed by atoms with Gasteiger partial charge in [-0.25, -0.2) is 0 Å². The summed E-state index contributed by atoms with van der Waals surface area (Å²) in [6.45, 7) is 1.78. The predicted molar refractivity (Wildman–Crippen MR) is 68.5 cm³/mol. The van der Waals surface area contributed by atoms with Gasteiger partial charge in [0, 0.05) is 17.9 Å². The van der Waals surface area contributed by atoms with E-state index in [1.54, 1.807) is 14.0 Å². The van der Waals surface area contributed by atoms with Crippen molar-refractivity contribution in [1.82, 2.24) is 10.1 Å². The molecule has 0 radical (unpaired) electrons. The van der Waals surface area contributed by atoms with E-state index in [9.17, 15) is 0 Å². The average molecular weight is 240 g/mol. The lowest BCUT2D eigenvalue weighted by molar-refractivity contribution is 0.394. The van der Waals surface area contributed by atoms with Gasteiger partial charge in [0.05, 0.1) is 7.11 Å². The third kappa shape index (κ3) is 1.62. The van der Waals surface area contributed by atoms with E-state index in [4.69, 9.17) is 9.26 Å². The first-order valence-corrected chi connectivity index (χ1v) is 5.66. The quantitative estimate of drug-likeness (QED) is 0.690. The molecular formula is C14H12N2O2. The monoisotopic (exact) mass is 240 g/mol. The summed E-state index contributed by atoms with van der Waals surface area (Å²) in [5, 5.41) is 6.06. The van der Waals surface area contributed by atoms with E-state index in [1.807, 2.05) is 36.4 Å². The molecule has 0 N–H and O–H groups in total. The Morgan fingerprint density at radius 3 is 2.50 bits per heavy atom. The lowest BCUT2D eigenvalue weighted by Crippen LogP contribution is -1.88. The van der Waals surface area contributed by atoms with Crippen LogP contribution in [0.25, 0.3) is 22.2 Å². The standard InChI is InChI=1S/C14H12N2O2/c1-9-15-14(16-18-9)12-7-8-13(17-2)11-6-4-3-5-10(11)12/h3-8H,1-2H3. The molecule has 0 aliphatic carbocycles. The van der Waals surface area contributed by atoms with Crippen LogP contribution in [0.15, 0.2) is 40.9 Å². The topological polar surface area (TPSA) is 48.2 Å². The molecule has 0 amide bonds. The Labute approximate surface area is 104 Å². The Balaban J connectivity index is 2.31. The highest BCUT2D eigenvalue weighted by Gasteiger charge is 2.11. The molecule has 1 aromatic heterocycles. The van der Waals surface area contributed by atoms with E-state index in [1.165, 1.54) is 0 Å². The third-order valence-corrected chi connectivity index (χ3v) is 2.87. The molecule has 0 unspecified atom stereocenters. The van der Waals surface area contributed by atoms with Crippen molar-refractivity contribution in [3.8, 4) is 17.1 Å².